The standard InChI is InChI=1S/C15H19N2O3/c1-3-19-13-8-6-11(9-14(13)20-4-2)5-7-12-10-16-15(18)17-12/h6,8-10H,3-5,7H2,1-2H3,(H,17,18). The second-order valence-corrected chi connectivity index (χ2v) is 4.36. The zero-order valence-electron chi connectivity index (χ0n) is 11.8. The molecular formula is C15H19N2O3. The van der Waals surface area contributed by atoms with Crippen molar-refractivity contribution in [3.05, 3.63) is 35.7 Å². The van der Waals surface area contributed by atoms with Crippen LogP contribution in [0.3, 0.4) is 0 Å². The van der Waals surface area contributed by atoms with E-state index in [2.05, 4.69) is 10.6 Å². The van der Waals surface area contributed by atoms with Crippen LogP contribution in [0.2, 0.25) is 0 Å². The highest BCUT2D eigenvalue weighted by Crippen LogP contribution is 2.29. The van der Waals surface area contributed by atoms with Crippen molar-refractivity contribution >= 4 is 6.03 Å². The van der Waals surface area contributed by atoms with E-state index in [1.807, 2.05) is 32.0 Å². The van der Waals surface area contributed by atoms with Crippen LogP contribution < -0.4 is 20.1 Å². The SMILES string of the molecule is CCOc1ccc(CCC2=C[N]C(=O)N2)cc1OCC. The molecule has 1 radical (unpaired) electrons. The van der Waals surface area contributed by atoms with Crippen LogP contribution in [0.15, 0.2) is 30.1 Å². The molecule has 0 saturated heterocycles. The second-order valence-electron chi connectivity index (χ2n) is 4.36. The summed E-state index contributed by atoms with van der Waals surface area (Å²) < 4.78 is 11.1. The number of urea groups is 1. The van der Waals surface area contributed by atoms with Gasteiger partial charge >= 0.3 is 6.03 Å². The quantitative estimate of drug-likeness (QED) is 0.832. The summed E-state index contributed by atoms with van der Waals surface area (Å²) in [5.41, 5.74) is 1.99. The van der Waals surface area contributed by atoms with E-state index in [1.165, 1.54) is 0 Å². The van der Waals surface area contributed by atoms with Crippen molar-refractivity contribution in [3.8, 4) is 11.5 Å². The second kappa shape index (κ2) is 6.84. The number of ether oxygens (including phenoxy) is 2. The monoisotopic (exact) mass is 275 g/mol. The van der Waals surface area contributed by atoms with Crippen LogP contribution in [0, 0.1) is 0 Å². The number of aryl methyl sites for hydroxylation is 1. The van der Waals surface area contributed by atoms with Crippen molar-refractivity contribution in [1.82, 2.24) is 10.6 Å². The van der Waals surface area contributed by atoms with Crippen LogP contribution in [-0.4, -0.2) is 19.2 Å². The molecule has 5 nitrogen and oxygen atoms in total. The minimum Gasteiger partial charge on any atom is -0.490 e. The number of nitrogens with one attached hydrogen (secondary N) is 1. The van der Waals surface area contributed by atoms with Gasteiger partial charge in [-0.3, -0.25) is 0 Å². The lowest BCUT2D eigenvalue weighted by atomic mass is 10.1. The van der Waals surface area contributed by atoms with Gasteiger partial charge in [0.2, 0.25) is 0 Å². The van der Waals surface area contributed by atoms with Crippen LogP contribution in [0.5, 0.6) is 11.5 Å². The molecule has 5 heteroatoms. The van der Waals surface area contributed by atoms with Crippen LogP contribution >= 0.6 is 0 Å². The Labute approximate surface area is 119 Å². The van der Waals surface area contributed by atoms with Crippen molar-refractivity contribution in [2.45, 2.75) is 26.7 Å². The van der Waals surface area contributed by atoms with E-state index in [4.69, 9.17) is 9.47 Å². The van der Waals surface area contributed by atoms with E-state index in [1.54, 1.807) is 6.20 Å². The highest BCUT2D eigenvalue weighted by Gasteiger charge is 2.13. The van der Waals surface area contributed by atoms with Crippen molar-refractivity contribution in [3.63, 3.8) is 0 Å². The molecule has 0 fully saturated rings. The molecule has 0 unspecified atom stereocenters. The third-order valence-electron chi connectivity index (χ3n) is 2.90. The zero-order chi connectivity index (χ0) is 14.4. The molecule has 0 saturated carbocycles. The van der Waals surface area contributed by atoms with Gasteiger partial charge in [0.15, 0.2) is 11.5 Å². The largest absolute Gasteiger partial charge is 0.490 e. The van der Waals surface area contributed by atoms with Crippen LogP contribution in [0.25, 0.3) is 0 Å². The first kappa shape index (κ1) is 14.2. The number of amides is 2. The maximum atomic E-state index is 11.0. The summed E-state index contributed by atoms with van der Waals surface area (Å²) in [6.45, 7) is 5.11. The Kier molecular flexibility index (Phi) is 4.87. The molecule has 2 amide bonds. The molecule has 20 heavy (non-hydrogen) atoms. The first-order valence-corrected chi connectivity index (χ1v) is 6.82. The molecule has 1 aromatic rings. The van der Waals surface area contributed by atoms with E-state index in [0.29, 0.717) is 13.2 Å². The van der Waals surface area contributed by atoms with E-state index >= 15 is 0 Å². The number of allylic oxidation sites excluding steroid dienone is 1. The Morgan fingerprint density at radius 3 is 2.50 bits per heavy atom. The third kappa shape index (κ3) is 3.66. The minimum absolute atomic E-state index is 0.290. The predicted octanol–water partition coefficient (Wildman–Crippen LogP) is 2.59. The number of hydrogen-bond acceptors (Lipinski definition) is 3. The fourth-order valence-corrected chi connectivity index (χ4v) is 2.00. The van der Waals surface area contributed by atoms with E-state index in [0.717, 1.165) is 35.6 Å². The summed E-state index contributed by atoms with van der Waals surface area (Å²) in [4.78, 5) is 11.0. The summed E-state index contributed by atoms with van der Waals surface area (Å²) >= 11 is 0. The molecule has 107 valence electrons. The molecule has 2 rings (SSSR count). The summed E-state index contributed by atoms with van der Waals surface area (Å²) in [6.07, 6.45) is 3.14. The molecule has 1 aliphatic rings. The first-order valence-electron chi connectivity index (χ1n) is 6.82. The normalized spacial score (nSPS) is 13.5. The van der Waals surface area contributed by atoms with Gasteiger partial charge in [0.25, 0.3) is 0 Å². The topological polar surface area (TPSA) is 61.7 Å². The van der Waals surface area contributed by atoms with Crippen molar-refractivity contribution in [1.29, 1.82) is 0 Å². The number of benzene rings is 1. The molecule has 1 aromatic carbocycles. The van der Waals surface area contributed by atoms with Gasteiger partial charge in [-0.1, -0.05) is 6.07 Å². The average Bonchev–Trinajstić information content (AvgIpc) is 2.85. The maximum absolute atomic E-state index is 11.0. The lowest BCUT2D eigenvalue weighted by Gasteiger charge is -2.12. The molecule has 0 bridgehead atoms. The van der Waals surface area contributed by atoms with E-state index in [-0.39, 0.29) is 6.03 Å². The Hall–Kier alpha value is -2.17. The lowest BCUT2D eigenvalue weighted by molar-refractivity contribution is 0.248. The van der Waals surface area contributed by atoms with E-state index in [9.17, 15) is 4.79 Å². The van der Waals surface area contributed by atoms with Gasteiger partial charge in [-0.2, -0.15) is 5.32 Å². The zero-order valence-corrected chi connectivity index (χ0v) is 11.8. The predicted molar refractivity (Wildman–Crippen MR) is 75.8 cm³/mol. The van der Waals surface area contributed by atoms with Crippen LogP contribution in [-0.2, 0) is 6.42 Å². The van der Waals surface area contributed by atoms with Gasteiger partial charge in [-0.25, -0.2) is 4.79 Å². The Morgan fingerprint density at radius 2 is 1.85 bits per heavy atom. The van der Waals surface area contributed by atoms with Crippen molar-refractivity contribution < 1.29 is 14.3 Å². The number of rotatable bonds is 7. The maximum Gasteiger partial charge on any atom is 0.345 e. The molecule has 1 aliphatic heterocycles. The number of hydrogen-bond donors (Lipinski definition) is 1. The van der Waals surface area contributed by atoms with Gasteiger partial charge in [-0.05, 0) is 44.4 Å². The Bertz CT molecular complexity index is 512. The summed E-state index contributed by atoms with van der Waals surface area (Å²) in [5, 5.41) is 6.35. The summed E-state index contributed by atoms with van der Waals surface area (Å²) in [7, 11) is 0. The summed E-state index contributed by atoms with van der Waals surface area (Å²) in [6, 6.07) is 5.64. The molecule has 1 N–H and O–H groups in total. The third-order valence-corrected chi connectivity index (χ3v) is 2.90. The first-order chi connectivity index (χ1) is 9.72. The number of nitrogens with zero attached hydrogens (tertiary/aromatic N) is 1. The summed E-state index contributed by atoms with van der Waals surface area (Å²) in [5.74, 6) is 1.53. The highest BCUT2D eigenvalue weighted by atomic mass is 16.5. The van der Waals surface area contributed by atoms with Gasteiger partial charge in [0, 0.05) is 5.70 Å². The molecule has 0 atom stereocenters. The van der Waals surface area contributed by atoms with Gasteiger partial charge < -0.3 is 14.8 Å². The van der Waals surface area contributed by atoms with Gasteiger partial charge in [0.1, 0.15) is 0 Å². The number of carbonyl (C=O) groups is 1. The van der Waals surface area contributed by atoms with Crippen molar-refractivity contribution in [2.24, 2.45) is 0 Å². The average molecular weight is 275 g/mol. The molecule has 0 spiro atoms. The number of carbonyl (C=O) groups excluding carboxylic acids is 1. The molecular weight excluding hydrogens is 256 g/mol. The highest BCUT2D eigenvalue weighted by molar-refractivity contribution is 5.79. The fourth-order valence-electron chi connectivity index (χ4n) is 2.00. The minimum atomic E-state index is -0.290. The molecule has 0 aliphatic carbocycles. The van der Waals surface area contributed by atoms with Crippen LogP contribution in [0.4, 0.5) is 4.79 Å². The molecule has 0 aromatic heterocycles. The van der Waals surface area contributed by atoms with E-state index < -0.39 is 0 Å². The smallest absolute Gasteiger partial charge is 0.345 e. The van der Waals surface area contributed by atoms with Gasteiger partial charge in [0.05, 0.1) is 19.4 Å². The van der Waals surface area contributed by atoms with Gasteiger partial charge in [-0.15, -0.1) is 0 Å². The Balaban J connectivity index is 2.00. The lowest BCUT2D eigenvalue weighted by Crippen LogP contribution is -2.18. The molecule has 1 heterocycles. The Morgan fingerprint density at radius 1 is 1.10 bits per heavy atom. The van der Waals surface area contributed by atoms with Crippen molar-refractivity contribution in [2.75, 3.05) is 13.2 Å². The van der Waals surface area contributed by atoms with Crippen LogP contribution in [0.1, 0.15) is 25.8 Å². The fraction of sp³-hybridized carbons (Fsp3) is 0.400.